The fraction of sp³-hybridized carbons (Fsp3) is 0.0833. The van der Waals surface area contributed by atoms with E-state index >= 15 is 0 Å². The highest BCUT2D eigenvalue weighted by Gasteiger charge is 2.29. The second-order valence-electron chi connectivity index (χ2n) is 3.48. The summed E-state index contributed by atoms with van der Waals surface area (Å²) in [5.41, 5.74) is 0.413. The summed E-state index contributed by atoms with van der Waals surface area (Å²) in [6, 6.07) is 6.43. The maximum atomic E-state index is 12.4. The summed E-state index contributed by atoms with van der Waals surface area (Å²) in [6.07, 6.45) is -1.55. The largest absolute Gasteiger partial charge is 0.416 e. The van der Waals surface area contributed by atoms with Gasteiger partial charge in [0.05, 0.1) is 5.56 Å². The number of nitriles is 1. The van der Waals surface area contributed by atoms with Crippen molar-refractivity contribution < 1.29 is 13.2 Å². The lowest BCUT2D eigenvalue weighted by Crippen LogP contribution is -2.04. The van der Waals surface area contributed by atoms with Crippen LogP contribution in [-0.2, 0) is 6.18 Å². The third-order valence-electron chi connectivity index (χ3n) is 2.30. The highest BCUT2D eigenvalue weighted by Crippen LogP contribution is 2.30. The van der Waals surface area contributed by atoms with Crippen LogP contribution in [0.25, 0.3) is 11.1 Å². The van der Waals surface area contributed by atoms with Crippen LogP contribution in [0.1, 0.15) is 11.4 Å². The van der Waals surface area contributed by atoms with E-state index in [9.17, 15) is 13.2 Å². The molecule has 90 valence electrons. The van der Waals surface area contributed by atoms with E-state index in [2.05, 4.69) is 9.97 Å². The molecular weight excluding hydrogens is 243 g/mol. The highest BCUT2D eigenvalue weighted by molar-refractivity contribution is 5.61. The van der Waals surface area contributed by atoms with Crippen LogP contribution in [-0.4, -0.2) is 9.97 Å². The molecule has 0 spiro atoms. The predicted octanol–water partition coefficient (Wildman–Crippen LogP) is 3.03. The Morgan fingerprint density at radius 1 is 0.944 bits per heavy atom. The van der Waals surface area contributed by atoms with E-state index < -0.39 is 11.7 Å². The van der Waals surface area contributed by atoms with E-state index in [4.69, 9.17) is 5.26 Å². The molecule has 2 aromatic rings. The number of halogens is 3. The first-order valence-electron chi connectivity index (χ1n) is 4.90. The van der Waals surface area contributed by atoms with E-state index in [0.29, 0.717) is 11.1 Å². The number of alkyl halides is 3. The van der Waals surface area contributed by atoms with Gasteiger partial charge >= 0.3 is 6.18 Å². The summed E-state index contributed by atoms with van der Waals surface area (Å²) in [5.74, 6) is 0.0191. The minimum Gasteiger partial charge on any atom is -0.227 e. The van der Waals surface area contributed by atoms with Gasteiger partial charge in [0.25, 0.3) is 0 Å². The van der Waals surface area contributed by atoms with Crippen LogP contribution in [0.4, 0.5) is 13.2 Å². The normalized spacial score (nSPS) is 11.0. The van der Waals surface area contributed by atoms with Gasteiger partial charge in [-0.1, -0.05) is 12.1 Å². The zero-order valence-electron chi connectivity index (χ0n) is 8.94. The van der Waals surface area contributed by atoms with E-state index in [0.717, 1.165) is 12.1 Å². The third-order valence-corrected chi connectivity index (χ3v) is 2.30. The quantitative estimate of drug-likeness (QED) is 0.780. The lowest BCUT2D eigenvalue weighted by Gasteiger charge is -2.07. The highest BCUT2D eigenvalue weighted by atomic mass is 19.4. The molecule has 18 heavy (non-hydrogen) atoms. The molecule has 0 atom stereocenters. The second-order valence-corrected chi connectivity index (χ2v) is 3.48. The Bertz CT molecular complexity index is 580. The second kappa shape index (κ2) is 4.45. The molecule has 0 bridgehead atoms. The van der Waals surface area contributed by atoms with Gasteiger partial charge in [-0.15, -0.1) is 0 Å². The number of hydrogen-bond acceptors (Lipinski definition) is 3. The Morgan fingerprint density at radius 3 is 1.94 bits per heavy atom. The SMILES string of the molecule is N#Cc1ncc(-c2ccc(C(F)(F)F)cc2)cn1. The van der Waals surface area contributed by atoms with Gasteiger partial charge < -0.3 is 0 Å². The number of nitrogens with zero attached hydrogens (tertiary/aromatic N) is 3. The molecule has 0 radical (unpaired) electrons. The van der Waals surface area contributed by atoms with E-state index in [1.165, 1.54) is 24.5 Å². The van der Waals surface area contributed by atoms with Crippen molar-refractivity contribution in [1.29, 1.82) is 5.26 Å². The lowest BCUT2D eigenvalue weighted by molar-refractivity contribution is -0.137. The number of aromatic nitrogens is 2. The van der Waals surface area contributed by atoms with Crippen LogP contribution in [0, 0.1) is 11.3 Å². The smallest absolute Gasteiger partial charge is 0.227 e. The van der Waals surface area contributed by atoms with E-state index in [1.807, 2.05) is 0 Å². The third kappa shape index (κ3) is 2.46. The summed E-state index contributed by atoms with van der Waals surface area (Å²) in [7, 11) is 0. The van der Waals surface area contributed by atoms with E-state index in [-0.39, 0.29) is 5.82 Å². The van der Waals surface area contributed by atoms with Crippen LogP contribution in [0.2, 0.25) is 0 Å². The van der Waals surface area contributed by atoms with Crippen molar-refractivity contribution in [2.24, 2.45) is 0 Å². The van der Waals surface area contributed by atoms with Crippen molar-refractivity contribution in [3.63, 3.8) is 0 Å². The number of hydrogen-bond donors (Lipinski definition) is 0. The summed E-state index contributed by atoms with van der Waals surface area (Å²) in [5, 5.41) is 8.52. The van der Waals surface area contributed by atoms with Crippen molar-refractivity contribution in [2.75, 3.05) is 0 Å². The Hall–Kier alpha value is -2.42. The van der Waals surface area contributed by atoms with Gasteiger partial charge in [0.15, 0.2) is 0 Å². The molecule has 1 aromatic heterocycles. The van der Waals surface area contributed by atoms with Crippen molar-refractivity contribution in [2.45, 2.75) is 6.18 Å². The Kier molecular flexibility index (Phi) is 2.98. The average Bonchev–Trinajstić information content (AvgIpc) is 2.38. The summed E-state index contributed by atoms with van der Waals surface area (Å²) in [4.78, 5) is 7.50. The van der Waals surface area contributed by atoms with Crippen LogP contribution in [0.15, 0.2) is 36.7 Å². The first-order chi connectivity index (χ1) is 8.50. The molecule has 0 saturated heterocycles. The number of benzene rings is 1. The zero-order valence-corrected chi connectivity index (χ0v) is 8.94. The van der Waals surface area contributed by atoms with Crippen molar-refractivity contribution in [3.05, 3.63) is 48.0 Å². The maximum Gasteiger partial charge on any atom is 0.416 e. The van der Waals surface area contributed by atoms with Crippen LogP contribution >= 0.6 is 0 Å². The first-order valence-corrected chi connectivity index (χ1v) is 4.90. The molecule has 0 fully saturated rings. The molecule has 1 aromatic carbocycles. The van der Waals surface area contributed by atoms with Crippen molar-refractivity contribution >= 4 is 0 Å². The molecule has 0 aliphatic rings. The van der Waals surface area contributed by atoms with Gasteiger partial charge in [-0.2, -0.15) is 18.4 Å². The standard InChI is InChI=1S/C12H6F3N3/c13-12(14,15)10-3-1-8(2-4-10)9-6-17-11(5-16)18-7-9/h1-4,6-7H. The van der Waals surface area contributed by atoms with Crippen molar-refractivity contribution in [1.82, 2.24) is 9.97 Å². The van der Waals surface area contributed by atoms with Crippen LogP contribution in [0.5, 0.6) is 0 Å². The molecule has 0 aliphatic carbocycles. The van der Waals surface area contributed by atoms with Gasteiger partial charge in [-0.05, 0) is 17.7 Å². The molecule has 0 N–H and O–H groups in total. The Labute approximate surface area is 101 Å². The molecule has 0 aliphatic heterocycles. The van der Waals surface area contributed by atoms with Gasteiger partial charge in [0.1, 0.15) is 6.07 Å². The minimum absolute atomic E-state index is 0.0191. The zero-order chi connectivity index (χ0) is 13.2. The molecule has 2 rings (SSSR count). The minimum atomic E-state index is -4.35. The lowest BCUT2D eigenvalue weighted by atomic mass is 10.1. The molecule has 0 unspecified atom stereocenters. The van der Waals surface area contributed by atoms with Crippen LogP contribution in [0.3, 0.4) is 0 Å². The predicted molar refractivity (Wildman–Crippen MR) is 57.2 cm³/mol. The first kappa shape index (κ1) is 12.0. The topological polar surface area (TPSA) is 49.6 Å². The monoisotopic (exact) mass is 249 g/mol. The molecule has 1 heterocycles. The van der Waals surface area contributed by atoms with E-state index in [1.54, 1.807) is 6.07 Å². The maximum absolute atomic E-state index is 12.4. The Balaban J connectivity index is 2.32. The van der Waals surface area contributed by atoms with Gasteiger partial charge in [0, 0.05) is 18.0 Å². The molecule has 3 nitrogen and oxygen atoms in total. The van der Waals surface area contributed by atoms with Gasteiger partial charge in [-0.3, -0.25) is 0 Å². The van der Waals surface area contributed by atoms with Gasteiger partial charge in [0.2, 0.25) is 5.82 Å². The summed E-state index contributed by atoms with van der Waals surface area (Å²) < 4.78 is 37.1. The fourth-order valence-corrected chi connectivity index (χ4v) is 1.39. The van der Waals surface area contributed by atoms with Crippen LogP contribution < -0.4 is 0 Å². The summed E-state index contributed by atoms with van der Waals surface area (Å²) >= 11 is 0. The average molecular weight is 249 g/mol. The molecular formula is C12H6F3N3. The summed E-state index contributed by atoms with van der Waals surface area (Å²) in [6.45, 7) is 0. The van der Waals surface area contributed by atoms with Crippen molar-refractivity contribution in [3.8, 4) is 17.2 Å². The fourth-order valence-electron chi connectivity index (χ4n) is 1.39. The molecule has 6 heteroatoms. The molecule has 0 saturated carbocycles. The molecule has 0 amide bonds. The Morgan fingerprint density at radius 2 is 1.50 bits per heavy atom. The van der Waals surface area contributed by atoms with Gasteiger partial charge in [-0.25, -0.2) is 9.97 Å². The number of rotatable bonds is 1.